The van der Waals surface area contributed by atoms with E-state index in [0.29, 0.717) is 17.8 Å². The Morgan fingerprint density at radius 1 is 1.52 bits per heavy atom. The van der Waals surface area contributed by atoms with Gasteiger partial charge in [-0.1, -0.05) is 6.92 Å². The highest BCUT2D eigenvalue weighted by Crippen LogP contribution is 2.42. The number of aromatic nitrogens is 1. The maximum Gasteiger partial charge on any atom is 0.125 e. The third-order valence-electron chi connectivity index (χ3n) is 4.24. The van der Waals surface area contributed by atoms with Gasteiger partial charge in [-0.3, -0.25) is 0 Å². The summed E-state index contributed by atoms with van der Waals surface area (Å²) in [5, 5.41) is 29.6. The van der Waals surface area contributed by atoms with Gasteiger partial charge < -0.3 is 15.6 Å². The molecule has 0 amide bonds. The van der Waals surface area contributed by atoms with Crippen molar-refractivity contribution in [3.05, 3.63) is 22.5 Å². The molecule has 0 unspecified atom stereocenters. The minimum atomic E-state index is -0.914. The minimum absolute atomic E-state index is 0.287. The molecule has 1 aliphatic rings. The summed E-state index contributed by atoms with van der Waals surface area (Å²) in [6, 6.07) is 0. The highest BCUT2D eigenvalue weighted by molar-refractivity contribution is 7.11. The predicted octanol–water partition coefficient (Wildman–Crippen LogP) is 3.38. The molecule has 1 saturated carbocycles. The Kier molecular flexibility index (Phi) is 4.85. The number of nitrogens with one attached hydrogen (secondary N) is 1. The quantitative estimate of drug-likeness (QED) is 0.730. The average Bonchev–Trinajstić information content (AvgIpc) is 2.90. The van der Waals surface area contributed by atoms with Crippen LogP contribution in [0.2, 0.25) is 0 Å². The molecule has 1 aromatic heterocycles. The molecule has 1 radical (unpaired) electrons. The van der Waals surface area contributed by atoms with Gasteiger partial charge in [-0.15, -0.1) is 11.3 Å². The van der Waals surface area contributed by atoms with Gasteiger partial charge in [0, 0.05) is 11.9 Å². The number of rotatable bonds is 5. The maximum atomic E-state index is 10.8. The van der Waals surface area contributed by atoms with Gasteiger partial charge in [-0.25, -0.2) is 4.98 Å². The molecular formula is C16H25N2O2S. The lowest BCUT2D eigenvalue weighted by Gasteiger charge is -2.34. The first-order valence-corrected chi connectivity index (χ1v) is 8.34. The van der Waals surface area contributed by atoms with Crippen LogP contribution in [0, 0.1) is 17.7 Å². The molecule has 3 N–H and O–H groups in total. The van der Waals surface area contributed by atoms with Gasteiger partial charge in [0.05, 0.1) is 10.5 Å². The summed E-state index contributed by atoms with van der Waals surface area (Å²) >= 11 is 1.39. The van der Waals surface area contributed by atoms with Crippen LogP contribution in [-0.4, -0.2) is 20.9 Å². The molecule has 21 heavy (non-hydrogen) atoms. The number of hydrogen-bond donors (Lipinski definition) is 3. The molecule has 0 saturated heterocycles. The van der Waals surface area contributed by atoms with E-state index in [2.05, 4.69) is 4.98 Å². The summed E-state index contributed by atoms with van der Waals surface area (Å²) in [6.07, 6.45) is 7.37. The second kappa shape index (κ2) is 6.15. The van der Waals surface area contributed by atoms with Crippen LogP contribution in [0.3, 0.4) is 0 Å². The molecule has 1 fully saturated rings. The third-order valence-corrected chi connectivity index (χ3v) is 5.74. The van der Waals surface area contributed by atoms with E-state index < -0.39 is 11.2 Å². The summed E-state index contributed by atoms with van der Waals surface area (Å²) in [4.78, 5) is 5.11. The zero-order valence-corrected chi connectivity index (χ0v) is 13.8. The zero-order chi connectivity index (χ0) is 15.7. The summed E-state index contributed by atoms with van der Waals surface area (Å²) in [6.45, 7) is 5.43. The summed E-state index contributed by atoms with van der Waals surface area (Å²) < 4.78 is 0. The molecule has 0 bridgehead atoms. The smallest absolute Gasteiger partial charge is 0.125 e. The average molecular weight is 309 g/mol. The molecule has 117 valence electrons. The molecule has 0 atom stereocenters. The zero-order valence-electron chi connectivity index (χ0n) is 13.0. The standard InChI is InChI=1S/C16H25N2O2S/c1-4-5-12(17)11-6-8-16(20,9-7-11)14-18-10-13(21-14)15(2,3)19/h4,10-11,17,19-20H,5-9H2,1-3H3. The van der Waals surface area contributed by atoms with Crippen LogP contribution in [0.1, 0.15) is 62.8 Å². The molecule has 1 aliphatic carbocycles. The van der Waals surface area contributed by atoms with Gasteiger partial charge in [0.15, 0.2) is 0 Å². The first-order valence-electron chi connectivity index (χ1n) is 7.53. The molecule has 0 spiro atoms. The first kappa shape index (κ1) is 16.6. The number of nitrogens with zero attached hydrogens (tertiary/aromatic N) is 1. The lowest BCUT2D eigenvalue weighted by atomic mass is 9.76. The van der Waals surface area contributed by atoms with E-state index in [1.165, 1.54) is 11.3 Å². The van der Waals surface area contributed by atoms with Crippen LogP contribution >= 0.6 is 11.3 Å². The Balaban J connectivity index is 2.05. The van der Waals surface area contributed by atoms with E-state index in [1.54, 1.807) is 20.0 Å². The van der Waals surface area contributed by atoms with Crippen molar-refractivity contribution in [1.29, 1.82) is 5.41 Å². The highest BCUT2D eigenvalue weighted by atomic mass is 32.1. The van der Waals surface area contributed by atoms with E-state index in [9.17, 15) is 10.2 Å². The lowest BCUT2D eigenvalue weighted by Crippen LogP contribution is -2.33. The van der Waals surface area contributed by atoms with Crippen molar-refractivity contribution < 1.29 is 10.2 Å². The van der Waals surface area contributed by atoms with Gasteiger partial charge in [0.2, 0.25) is 0 Å². The van der Waals surface area contributed by atoms with Crippen molar-refractivity contribution in [2.75, 3.05) is 0 Å². The number of thiazole rings is 1. The van der Waals surface area contributed by atoms with Crippen LogP contribution in [0.15, 0.2) is 6.20 Å². The van der Waals surface area contributed by atoms with Crippen LogP contribution < -0.4 is 0 Å². The van der Waals surface area contributed by atoms with Gasteiger partial charge in [-0.05, 0) is 58.3 Å². The Morgan fingerprint density at radius 3 is 2.62 bits per heavy atom. The second-order valence-corrected chi connectivity index (χ2v) is 7.56. The van der Waals surface area contributed by atoms with Crippen LogP contribution in [0.4, 0.5) is 0 Å². The Labute approximate surface area is 130 Å². The maximum absolute atomic E-state index is 10.8. The fourth-order valence-corrected chi connectivity index (χ4v) is 3.88. The second-order valence-electron chi connectivity index (χ2n) is 6.53. The van der Waals surface area contributed by atoms with Crippen molar-refractivity contribution in [2.24, 2.45) is 5.92 Å². The van der Waals surface area contributed by atoms with Crippen molar-refractivity contribution >= 4 is 17.0 Å². The Hall–Kier alpha value is -0.780. The normalized spacial score (nSPS) is 26.8. The number of aliphatic hydroxyl groups is 2. The summed E-state index contributed by atoms with van der Waals surface area (Å²) in [7, 11) is 0. The first-order chi connectivity index (χ1) is 9.76. The van der Waals surface area contributed by atoms with Gasteiger partial charge in [0.1, 0.15) is 10.6 Å². The predicted molar refractivity (Wildman–Crippen MR) is 85.5 cm³/mol. The van der Waals surface area contributed by atoms with E-state index in [-0.39, 0.29) is 5.92 Å². The highest BCUT2D eigenvalue weighted by Gasteiger charge is 2.38. The van der Waals surface area contributed by atoms with Gasteiger partial charge >= 0.3 is 0 Å². The van der Waals surface area contributed by atoms with E-state index in [4.69, 9.17) is 5.41 Å². The van der Waals surface area contributed by atoms with E-state index in [1.807, 2.05) is 13.3 Å². The lowest BCUT2D eigenvalue weighted by molar-refractivity contribution is -0.00729. The monoisotopic (exact) mass is 309 g/mol. The fraction of sp³-hybridized carbons (Fsp3) is 0.688. The SMILES string of the molecule is C[CH]CC(=N)C1CCC(O)(c2ncc(C(C)(C)O)s2)CC1. The molecule has 5 heteroatoms. The fourth-order valence-electron chi connectivity index (χ4n) is 2.82. The molecule has 2 rings (SSSR count). The van der Waals surface area contributed by atoms with Crippen LogP contribution in [0.25, 0.3) is 0 Å². The van der Waals surface area contributed by atoms with Crippen molar-refractivity contribution in [3.8, 4) is 0 Å². The van der Waals surface area contributed by atoms with Crippen LogP contribution in [-0.2, 0) is 11.2 Å². The minimum Gasteiger partial charge on any atom is -0.385 e. The van der Waals surface area contributed by atoms with E-state index >= 15 is 0 Å². The molecule has 0 aromatic carbocycles. The van der Waals surface area contributed by atoms with Crippen molar-refractivity contribution in [2.45, 2.75) is 64.1 Å². The van der Waals surface area contributed by atoms with Gasteiger partial charge in [0.25, 0.3) is 0 Å². The van der Waals surface area contributed by atoms with Crippen molar-refractivity contribution in [3.63, 3.8) is 0 Å². The largest absolute Gasteiger partial charge is 0.385 e. The summed E-state index contributed by atoms with van der Waals surface area (Å²) in [5.74, 6) is 0.287. The number of hydrogen-bond acceptors (Lipinski definition) is 5. The summed E-state index contributed by atoms with van der Waals surface area (Å²) in [5.41, 5.74) is -1.03. The molecule has 0 aliphatic heterocycles. The Bertz CT molecular complexity index is 497. The topological polar surface area (TPSA) is 77.2 Å². The van der Waals surface area contributed by atoms with Crippen LogP contribution in [0.5, 0.6) is 0 Å². The van der Waals surface area contributed by atoms with Crippen molar-refractivity contribution in [1.82, 2.24) is 4.98 Å². The molecular weight excluding hydrogens is 284 g/mol. The van der Waals surface area contributed by atoms with E-state index in [0.717, 1.165) is 29.9 Å². The molecule has 4 nitrogen and oxygen atoms in total. The Morgan fingerprint density at radius 2 is 2.14 bits per heavy atom. The molecule has 1 heterocycles. The third kappa shape index (κ3) is 3.71. The molecule has 1 aromatic rings. The van der Waals surface area contributed by atoms with Gasteiger partial charge in [-0.2, -0.15) is 0 Å².